The summed E-state index contributed by atoms with van der Waals surface area (Å²) in [4.78, 5) is 0. The molecule has 0 saturated heterocycles. The molecule has 0 radical (unpaired) electrons. The van der Waals surface area contributed by atoms with Crippen LogP contribution < -0.4 is 37.9 Å². The van der Waals surface area contributed by atoms with Crippen molar-refractivity contribution in [2.45, 2.75) is 10.8 Å². The van der Waals surface area contributed by atoms with E-state index in [9.17, 15) is 0 Å². The van der Waals surface area contributed by atoms with Crippen LogP contribution in [0, 0.1) is 0 Å². The Hall–Kier alpha value is -8.04. The van der Waals surface area contributed by atoms with Crippen LogP contribution >= 0.6 is 0 Å². The first kappa shape index (κ1) is 59.1. The number of hydrogen-bond donors (Lipinski definition) is 0. The maximum atomic E-state index is 6.11. The molecule has 0 aliphatic heterocycles. The van der Waals surface area contributed by atoms with Gasteiger partial charge in [0.05, 0.1) is 120 Å². The predicted molar refractivity (Wildman–Crippen MR) is 314 cm³/mol. The molecule has 0 aliphatic rings. The summed E-state index contributed by atoms with van der Waals surface area (Å²) < 4.78 is 74.2. The normalized spacial score (nSPS) is 11.4. The molecule has 0 atom stereocenters. The molecule has 8 aromatic rings. The minimum absolute atomic E-state index is 0.393. The van der Waals surface area contributed by atoms with Crippen LogP contribution in [0.5, 0.6) is 46.0 Å². The van der Waals surface area contributed by atoms with Crippen molar-refractivity contribution < 1.29 is 61.6 Å². The zero-order chi connectivity index (χ0) is 56.5. The third-order valence-corrected chi connectivity index (χ3v) is 14.2. The third-order valence-electron chi connectivity index (χ3n) is 14.2. The quantitative estimate of drug-likeness (QED) is 0.0281. The molecule has 8 aromatic carbocycles. The number of ether oxygens (including phenoxy) is 13. The summed E-state index contributed by atoms with van der Waals surface area (Å²) in [6.45, 7) is 5.24. The molecule has 81 heavy (non-hydrogen) atoms. The molecule has 0 N–H and O–H groups in total. The van der Waals surface area contributed by atoms with Crippen LogP contribution in [0.4, 0.5) is 0 Å². The predicted octanol–water partition coefficient (Wildman–Crippen LogP) is 12.0. The number of benzene rings is 8. The molecule has 0 saturated carbocycles. The Kier molecular flexibility index (Phi) is 22.3. The highest BCUT2D eigenvalue weighted by atomic mass is 16.6. The van der Waals surface area contributed by atoms with Crippen LogP contribution in [-0.4, -0.2) is 122 Å². The number of hydrogen-bond acceptors (Lipinski definition) is 13. The summed E-state index contributed by atoms with van der Waals surface area (Å²) in [5, 5.41) is 0. The van der Waals surface area contributed by atoms with Gasteiger partial charge in [-0.15, -0.1) is 0 Å². The fourth-order valence-corrected chi connectivity index (χ4v) is 10.1. The summed E-state index contributed by atoms with van der Waals surface area (Å²) in [5.41, 5.74) is 7.19. The van der Waals surface area contributed by atoms with Crippen LogP contribution in [0.1, 0.15) is 44.5 Å². The Morgan fingerprint density at radius 3 is 0.469 bits per heavy atom. The Morgan fingerprint density at radius 2 is 0.321 bits per heavy atom. The van der Waals surface area contributed by atoms with Crippen molar-refractivity contribution >= 4 is 0 Å². The van der Waals surface area contributed by atoms with Gasteiger partial charge in [-0.2, -0.15) is 0 Å². The van der Waals surface area contributed by atoms with E-state index in [1.54, 1.807) is 42.7 Å². The highest BCUT2D eigenvalue weighted by molar-refractivity contribution is 5.63. The molecule has 0 amide bonds. The molecule has 0 fully saturated rings. The molecule has 0 bridgehead atoms. The van der Waals surface area contributed by atoms with E-state index in [4.69, 9.17) is 61.6 Å². The van der Waals surface area contributed by atoms with Gasteiger partial charge < -0.3 is 61.6 Å². The van der Waals surface area contributed by atoms with Crippen molar-refractivity contribution in [3.05, 3.63) is 239 Å². The van der Waals surface area contributed by atoms with Gasteiger partial charge in [0.2, 0.25) is 0 Å². The first-order valence-corrected chi connectivity index (χ1v) is 27.1. The molecule has 13 nitrogen and oxygen atoms in total. The monoisotopic (exact) mass is 1100 g/mol. The third kappa shape index (κ3) is 14.9. The van der Waals surface area contributed by atoms with E-state index in [1.165, 1.54) is 0 Å². The Balaban J connectivity index is 0.708. The average molecular weight is 1100 g/mol. The van der Waals surface area contributed by atoms with Gasteiger partial charge in [0.15, 0.2) is 0 Å². The number of rotatable bonds is 34. The lowest BCUT2D eigenvalue weighted by atomic mass is 9.65. The minimum Gasteiger partial charge on any atom is -0.497 e. The summed E-state index contributed by atoms with van der Waals surface area (Å²) >= 11 is 0. The van der Waals surface area contributed by atoms with Crippen LogP contribution in [0.3, 0.4) is 0 Å². The van der Waals surface area contributed by atoms with E-state index in [2.05, 4.69) is 97.1 Å². The zero-order valence-corrected chi connectivity index (χ0v) is 47.3. The average Bonchev–Trinajstić information content (AvgIpc) is 3.72. The first-order valence-electron chi connectivity index (χ1n) is 27.1. The standard InChI is InChI=1S/C68H74O13/c1-69-59-23-7-51(8-24-59)67(52-9-25-60(70-2)26-10-52,53-11-27-61(71-3)28-12-53)57-19-35-65(36-20-57)80-49-47-78-45-43-76-41-39-75-40-42-77-44-46-79-48-50-81-66-37-21-58(22-38-66)68(54-13-29-62(72-4)30-14-54,55-15-31-63(73-5)32-16-55)56-17-33-64(74-6)34-18-56/h7-38H,39-50H2,1-6H3. The zero-order valence-electron chi connectivity index (χ0n) is 47.3. The molecule has 424 valence electrons. The molecular weight excluding hydrogens is 1020 g/mol. The molecule has 0 aromatic heterocycles. The van der Waals surface area contributed by atoms with Gasteiger partial charge in [0.1, 0.15) is 59.2 Å². The summed E-state index contributed by atoms with van der Waals surface area (Å²) in [6, 6.07) is 65.9. The van der Waals surface area contributed by atoms with E-state index in [1.807, 2.05) is 97.1 Å². The van der Waals surface area contributed by atoms with Gasteiger partial charge in [0.25, 0.3) is 0 Å². The molecule has 8 rings (SSSR count). The largest absolute Gasteiger partial charge is 0.497 e. The topological polar surface area (TPSA) is 120 Å². The molecule has 0 unspecified atom stereocenters. The van der Waals surface area contributed by atoms with Crippen LogP contribution in [0.15, 0.2) is 194 Å². The van der Waals surface area contributed by atoms with E-state index in [-0.39, 0.29) is 0 Å². The Labute approximate surface area is 477 Å². The molecule has 0 aliphatic carbocycles. The van der Waals surface area contributed by atoms with E-state index in [0.29, 0.717) is 79.3 Å². The lowest BCUT2D eigenvalue weighted by Crippen LogP contribution is -2.31. The second-order valence-corrected chi connectivity index (χ2v) is 18.7. The summed E-state index contributed by atoms with van der Waals surface area (Å²) in [5.74, 6) is 6.17. The van der Waals surface area contributed by atoms with Crippen molar-refractivity contribution in [2.24, 2.45) is 0 Å². The van der Waals surface area contributed by atoms with Crippen molar-refractivity contribution in [3.63, 3.8) is 0 Å². The number of methoxy groups -OCH3 is 6. The van der Waals surface area contributed by atoms with Crippen molar-refractivity contribution in [1.82, 2.24) is 0 Å². The SMILES string of the molecule is COc1ccc(C(c2ccc(OC)cc2)(c2ccc(OC)cc2)c2ccc(OCCOCCOCCOCCOCCOCCOc3ccc(C(c4ccc(OC)cc4)(c4ccc(OC)cc4)c4ccc(OC)cc4)cc3)cc2)cc1. The van der Waals surface area contributed by atoms with E-state index >= 15 is 0 Å². The highest BCUT2D eigenvalue weighted by Crippen LogP contribution is 2.48. The van der Waals surface area contributed by atoms with E-state index in [0.717, 1.165) is 90.5 Å². The van der Waals surface area contributed by atoms with Crippen molar-refractivity contribution in [1.29, 1.82) is 0 Å². The molecule has 0 spiro atoms. The van der Waals surface area contributed by atoms with Crippen molar-refractivity contribution in [3.8, 4) is 46.0 Å². The molecule has 0 heterocycles. The van der Waals surface area contributed by atoms with Gasteiger partial charge in [0, 0.05) is 0 Å². The lowest BCUT2D eigenvalue weighted by molar-refractivity contribution is -0.0141. The summed E-state index contributed by atoms with van der Waals surface area (Å²) in [6.07, 6.45) is 0. The fraction of sp³-hybridized carbons (Fsp3) is 0.294. The van der Waals surface area contributed by atoms with Crippen LogP contribution in [0.2, 0.25) is 0 Å². The highest BCUT2D eigenvalue weighted by Gasteiger charge is 2.40. The molecular formula is C68H74O13. The molecule has 13 heteroatoms. The lowest BCUT2D eigenvalue weighted by Gasteiger charge is -2.37. The van der Waals surface area contributed by atoms with Crippen molar-refractivity contribution in [2.75, 3.05) is 122 Å². The smallest absolute Gasteiger partial charge is 0.119 e. The Bertz CT molecular complexity index is 2600. The van der Waals surface area contributed by atoms with Gasteiger partial charge in [-0.05, 0) is 142 Å². The maximum Gasteiger partial charge on any atom is 0.119 e. The van der Waals surface area contributed by atoms with Crippen LogP contribution in [0.25, 0.3) is 0 Å². The van der Waals surface area contributed by atoms with E-state index < -0.39 is 10.8 Å². The second kappa shape index (κ2) is 30.5. The fourth-order valence-electron chi connectivity index (χ4n) is 10.1. The van der Waals surface area contributed by atoms with Gasteiger partial charge in [-0.25, -0.2) is 0 Å². The summed E-state index contributed by atoms with van der Waals surface area (Å²) in [7, 11) is 10.0. The van der Waals surface area contributed by atoms with Gasteiger partial charge >= 0.3 is 0 Å². The Morgan fingerprint density at radius 1 is 0.185 bits per heavy atom. The first-order chi connectivity index (χ1) is 39.9. The van der Waals surface area contributed by atoms with Gasteiger partial charge in [-0.3, -0.25) is 0 Å². The minimum atomic E-state index is -0.686. The second-order valence-electron chi connectivity index (χ2n) is 18.7. The maximum absolute atomic E-state index is 6.11. The van der Waals surface area contributed by atoms with Crippen LogP contribution in [-0.2, 0) is 34.5 Å². The van der Waals surface area contributed by atoms with Gasteiger partial charge in [-0.1, -0.05) is 97.1 Å².